The maximum atomic E-state index is 11.2. The molecule has 4 nitrogen and oxygen atoms in total. The lowest BCUT2D eigenvalue weighted by Gasteiger charge is -1.97. The molecule has 0 atom stereocenters. The average Bonchev–Trinajstić information content (AvgIpc) is 2.04. The predicted octanol–water partition coefficient (Wildman–Crippen LogP) is 0.572. The highest BCUT2D eigenvalue weighted by Gasteiger charge is 2.05. The summed E-state index contributed by atoms with van der Waals surface area (Å²) in [5.74, 6) is 0.490. The Morgan fingerprint density at radius 2 is 2.08 bits per heavy atom. The fraction of sp³-hybridized carbons (Fsp3) is 0.125. The van der Waals surface area contributed by atoms with E-state index in [1.165, 1.54) is 0 Å². The molecule has 60 valence electrons. The van der Waals surface area contributed by atoms with E-state index in [0.29, 0.717) is 21.7 Å². The summed E-state index contributed by atoms with van der Waals surface area (Å²) in [6.07, 6.45) is 0. The van der Waals surface area contributed by atoms with Gasteiger partial charge in [-0.1, -0.05) is 12.1 Å². The van der Waals surface area contributed by atoms with Gasteiger partial charge in [-0.15, -0.1) is 0 Å². The Kier molecular flexibility index (Phi) is 1.40. The zero-order valence-electron chi connectivity index (χ0n) is 6.56. The molecular formula is C8H7N3O. The molecule has 0 spiro atoms. The minimum absolute atomic E-state index is 0.490. The van der Waals surface area contributed by atoms with E-state index in [2.05, 4.69) is 10.1 Å². The van der Waals surface area contributed by atoms with E-state index in [0.717, 1.165) is 0 Å². The third-order valence-electron chi connectivity index (χ3n) is 1.61. The summed E-state index contributed by atoms with van der Waals surface area (Å²) in [4.78, 5) is 4.70. The van der Waals surface area contributed by atoms with Gasteiger partial charge in [0, 0.05) is 18.1 Å². The zero-order valence-corrected chi connectivity index (χ0v) is 6.56. The van der Waals surface area contributed by atoms with Crippen molar-refractivity contribution in [2.24, 2.45) is 0 Å². The first-order valence-corrected chi connectivity index (χ1v) is 3.60. The molecular weight excluding hydrogens is 154 g/mol. The van der Waals surface area contributed by atoms with Crippen LogP contribution in [0.4, 0.5) is 0 Å². The lowest BCUT2D eigenvalue weighted by molar-refractivity contribution is -0.643. The van der Waals surface area contributed by atoms with Crippen LogP contribution in [-0.2, 0) is 0 Å². The summed E-state index contributed by atoms with van der Waals surface area (Å²) in [6, 6.07) is 7.12. The topological polar surface area (TPSA) is 52.7 Å². The summed E-state index contributed by atoms with van der Waals surface area (Å²) in [6.45, 7) is 1.70. The highest BCUT2D eigenvalue weighted by molar-refractivity contribution is 5.69. The second kappa shape index (κ2) is 2.41. The fourth-order valence-electron chi connectivity index (χ4n) is 1.10. The maximum Gasteiger partial charge on any atom is 0.270 e. The van der Waals surface area contributed by atoms with Crippen LogP contribution in [0.5, 0.6) is 0 Å². The van der Waals surface area contributed by atoms with Crippen LogP contribution in [0, 0.1) is 12.1 Å². The molecule has 0 aliphatic heterocycles. The summed E-state index contributed by atoms with van der Waals surface area (Å²) in [7, 11) is 0. The highest BCUT2D eigenvalue weighted by Crippen LogP contribution is 2.03. The second-order valence-corrected chi connectivity index (χ2v) is 2.52. The van der Waals surface area contributed by atoms with Gasteiger partial charge in [0.2, 0.25) is 0 Å². The van der Waals surface area contributed by atoms with Gasteiger partial charge in [0.25, 0.3) is 5.52 Å². The van der Waals surface area contributed by atoms with Gasteiger partial charge in [0.15, 0.2) is 5.82 Å². The van der Waals surface area contributed by atoms with Gasteiger partial charge >= 0.3 is 0 Å². The van der Waals surface area contributed by atoms with Gasteiger partial charge in [0.1, 0.15) is 5.52 Å². The number of benzene rings is 1. The molecule has 0 N–H and O–H groups in total. The number of hydrogen-bond acceptors (Lipinski definition) is 3. The van der Waals surface area contributed by atoms with Crippen molar-refractivity contribution >= 4 is 11.0 Å². The Balaban J connectivity index is 2.89. The number of fused-ring (bicyclic) bond motifs is 1. The summed E-state index contributed by atoms with van der Waals surface area (Å²) >= 11 is 0. The van der Waals surface area contributed by atoms with Crippen LogP contribution in [0.15, 0.2) is 24.3 Å². The van der Waals surface area contributed by atoms with Gasteiger partial charge in [-0.25, -0.2) is 4.98 Å². The average molecular weight is 161 g/mol. The van der Waals surface area contributed by atoms with Gasteiger partial charge in [-0.05, 0) is 10.9 Å². The van der Waals surface area contributed by atoms with Gasteiger partial charge in [-0.3, -0.25) is 0 Å². The molecule has 1 aromatic heterocycles. The van der Waals surface area contributed by atoms with E-state index in [9.17, 15) is 5.21 Å². The van der Waals surface area contributed by atoms with Crippen molar-refractivity contribution < 1.29 is 4.85 Å². The smallest absolute Gasteiger partial charge is 0.270 e. The first-order chi connectivity index (χ1) is 5.77. The monoisotopic (exact) mass is 161 g/mol. The Bertz CT molecular complexity index is 428. The number of aromatic nitrogens is 3. The molecule has 1 heterocycles. The third-order valence-corrected chi connectivity index (χ3v) is 1.61. The summed E-state index contributed by atoms with van der Waals surface area (Å²) in [5, 5.41) is 14.8. The van der Waals surface area contributed by atoms with Crippen LogP contribution in [0.25, 0.3) is 11.0 Å². The first-order valence-electron chi connectivity index (χ1n) is 3.60. The van der Waals surface area contributed by atoms with E-state index in [-0.39, 0.29) is 0 Å². The van der Waals surface area contributed by atoms with E-state index < -0.39 is 0 Å². The van der Waals surface area contributed by atoms with Crippen LogP contribution in [0.3, 0.4) is 0 Å². The predicted molar refractivity (Wildman–Crippen MR) is 43.2 cm³/mol. The molecule has 0 aliphatic carbocycles. The molecule has 2 rings (SSSR count). The molecule has 4 heteroatoms. The van der Waals surface area contributed by atoms with Crippen molar-refractivity contribution in [3.8, 4) is 0 Å². The van der Waals surface area contributed by atoms with E-state index in [4.69, 9.17) is 0 Å². The molecule has 0 radical (unpaired) electrons. The van der Waals surface area contributed by atoms with E-state index in [1.807, 2.05) is 6.07 Å². The van der Waals surface area contributed by atoms with Crippen molar-refractivity contribution in [1.29, 1.82) is 0 Å². The molecule has 0 saturated carbocycles. The summed E-state index contributed by atoms with van der Waals surface area (Å²) < 4.78 is 0. The van der Waals surface area contributed by atoms with E-state index in [1.54, 1.807) is 25.1 Å². The Hall–Kier alpha value is -1.71. The van der Waals surface area contributed by atoms with Crippen LogP contribution in [-0.4, -0.2) is 10.1 Å². The maximum absolute atomic E-state index is 11.2. The molecule has 0 aliphatic rings. The third kappa shape index (κ3) is 0.972. The standard InChI is InChI=1S/C8H7N3O/c1-6-9-7-4-2-3-5-8(7)11(12)10-6/h2-5H,1H3. The molecule has 2 aromatic rings. The van der Waals surface area contributed by atoms with Crippen LogP contribution in [0.2, 0.25) is 0 Å². The van der Waals surface area contributed by atoms with Gasteiger partial charge in [0.05, 0.1) is 0 Å². The molecule has 0 fully saturated rings. The minimum Gasteiger partial charge on any atom is -0.594 e. The van der Waals surface area contributed by atoms with Crippen molar-refractivity contribution in [3.05, 3.63) is 35.3 Å². The summed E-state index contributed by atoms with van der Waals surface area (Å²) in [5.41, 5.74) is 1.18. The highest BCUT2D eigenvalue weighted by atomic mass is 16.5. The lowest BCUT2D eigenvalue weighted by atomic mass is 10.3. The zero-order chi connectivity index (χ0) is 8.55. The molecule has 0 saturated heterocycles. The molecule has 1 aromatic carbocycles. The van der Waals surface area contributed by atoms with Crippen molar-refractivity contribution in [2.75, 3.05) is 0 Å². The molecule has 0 bridgehead atoms. The van der Waals surface area contributed by atoms with Crippen molar-refractivity contribution in [1.82, 2.24) is 10.1 Å². The number of aryl methyl sites for hydroxylation is 1. The molecule has 0 unspecified atom stereocenters. The Morgan fingerprint density at radius 1 is 1.33 bits per heavy atom. The minimum atomic E-state index is 0.490. The Labute approximate surface area is 69.1 Å². The quantitative estimate of drug-likeness (QED) is 0.419. The SMILES string of the molecule is Cc1nc2ccccc2[n+]([O-])n1. The van der Waals surface area contributed by atoms with Gasteiger partial charge in [-0.2, -0.15) is 0 Å². The Morgan fingerprint density at radius 3 is 2.92 bits per heavy atom. The normalized spacial score (nSPS) is 10.4. The van der Waals surface area contributed by atoms with E-state index >= 15 is 0 Å². The number of rotatable bonds is 0. The number of nitrogens with zero attached hydrogens (tertiary/aromatic N) is 3. The van der Waals surface area contributed by atoms with Crippen LogP contribution >= 0.6 is 0 Å². The van der Waals surface area contributed by atoms with Crippen LogP contribution < -0.4 is 4.85 Å². The molecule has 0 amide bonds. The van der Waals surface area contributed by atoms with Crippen LogP contribution in [0.1, 0.15) is 5.82 Å². The van der Waals surface area contributed by atoms with Crippen molar-refractivity contribution in [2.45, 2.75) is 6.92 Å². The van der Waals surface area contributed by atoms with Crippen molar-refractivity contribution in [3.63, 3.8) is 0 Å². The number of para-hydroxylation sites is 2. The largest absolute Gasteiger partial charge is 0.594 e. The molecule has 12 heavy (non-hydrogen) atoms. The number of hydrogen-bond donors (Lipinski definition) is 0. The first kappa shape index (κ1) is 6.97. The lowest BCUT2D eigenvalue weighted by Crippen LogP contribution is -2.33. The van der Waals surface area contributed by atoms with Gasteiger partial charge < -0.3 is 5.21 Å². The second-order valence-electron chi connectivity index (χ2n) is 2.52. The fourth-order valence-corrected chi connectivity index (χ4v) is 1.10.